The van der Waals surface area contributed by atoms with Crippen molar-refractivity contribution in [3.05, 3.63) is 35.5 Å². The van der Waals surface area contributed by atoms with Gasteiger partial charge < -0.3 is 19.3 Å². The van der Waals surface area contributed by atoms with Crippen LogP contribution in [0.3, 0.4) is 0 Å². The molecular formula is C28H39N5O5S. The van der Waals surface area contributed by atoms with E-state index in [-0.39, 0.29) is 35.7 Å². The monoisotopic (exact) mass is 557 g/mol. The molecule has 6 rings (SSSR count). The molecule has 2 unspecified atom stereocenters. The van der Waals surface area contributed by atoms with Crippen LogP contribution in [0.15, 0.2) is 29.2 Å². The molecule has 0 radical (unpaired) electrons. The lowest BCUT2D eigenvalue weighted by atomic mass is 10.0. The number of hydrogen-bond acceptors (Lipinski definition) is 8. The van der Waals surface area contributed by atoms with E-state index < -0.39 is 9.84 Å². The van der Waals surface area contributed by atoms with Gasteiger partial charge in [-0.1, -0.05) is 18.2 Å². The van der Waals surface area contributed by atoms with Crippen LogP contribution in [0.4, 0.5) is 0 Å². The van der Waals surface area contributed by atoms with Crippen LogP contribution in [-0.2, 0) is 25.1 Å². The van der Waals surface area contributed by atoms with Crippen molar-refractivity contribution in [3.8, 4) is 11.3 Å². The third-order valence-corrected chi connectivity index (χ3v) is 10.4. The Kier molecular flexibility index (Phi) is 7.53. The maximum absolute atomic E-state index is 13.7. The average Bonchev–Trinajstić information content (AvgIpc) is 3.33. The summed E-state index contributed by atoms with van der Waals surface area (Å²) >= 11 is 0. The Labute approximate surface area is 230 Å². The molecule has 39 heavy (non-hydrogen) atoms. The van der Waals surface area contributed by atoms with Crippen molar-refractivity contribution in [2.45, 2.75) is 61.6 Å². The molecule has 3 saturated heterocycles. The van der Waals surface area contributed by atoms with Gasteiger partial charge in [-0.05, 0) is 45.7 Å². The fourth-order valence-corrected chi connectivity index (χ4v) is 8.04. The summed E-state index contributed by atoms with van der Waals surface area (Å²) in [5.74, 6) is -0.425. The number of nitrogens with zero attached hydrogens (tertiary/aromatic N) is 5. The van der Waals surface area contributed by atoms with Crippen molar-refractivity contribution in [1.82, 2.24) is 24.5 Å². The molecule has 4 aliphatic rings. The molecule has 0 spiro atoms. The first kappa shape index (κ1) is 26.9. The van der Waals surface area contributed by atoms with Crippen LogP contribution < -0.4 is 0 Å². The molecule has 4 aliphatic heterocycles. The second-order valence-corrected chi connectivity index (χ2v) is 13.3. The van der Waals surface area contributed by atoms with Crippen molar-refractivity contribution >= 4 is 15.7 Å². The van der Waals surface area contributed by atoms with Crippen LogP contribution in [-0.4, -0.2) is 111 Å². The van der Waals surface area contributed by atoms with Crippen molar-refractivity contribution in [2.75, 3.05) is 59.5 Å². The lowest BCUT2D eigenvalue weighted by Gasteiger charge is -2.39. The number of hydrogen-bond donors (Lipinski definition) is 0. The van der Waals surface area contributed by atoms with Gasteiger partial charge >= 0.3 is 0 Å². The number of sulfone groups is 1. The zero-order valence-corrected chi connectivity index (χ0v) is 23.7. The molecular weight excluding hydrogens is 518 g/mol. The van der Waals surface area contributed by atoms with Gasteiger partial charge in [0.2, 0.25) is 0 Å². The molecule has 212 valence electrons. The Balaban J connectivity index is 1.33. The van der Waals surface area contributed by atoms with Crippen LogP contribution >= 0.6 is 0 Å². The van der Waals surface area contributed by atoms with E-state index in [0.717, 1.165) is 57.6 Å². The second-order valence-electron chi connectivity index (χ2n) is 11.3. The van der Waals surface area contributed by atoms with Gasteiger partial charge in [0, 0.05) is 50.4 Å². The molecule has 3 fully saturated rings. The number of piperidine rings is 2. The molecule has 0 saturated carbocycles. The summed E-state index contributed by atoms with van der Waals surface area (Å²) in [5.41, 5.74) is 2.20. The van der Waals surface area contributed by atoms with Gasteiger partial charge in [-0.2, -0.15) is 5.10 Å². The highest BCUT2D eigenvalue weighted by Gasteiger charge is 2.39. The average molecular weight is 558 g/mol. The Bertz CT molecular complexity index is 1310. The third-order valence-electron chi connectivity index (χ3n) is 8.66. The summed E-state index contributed by atoms with van der Waals surface area (Å²) < 4.78 is 40.5. The number of morpholine rings is 1. The first-order valence-electron chi connectivity index (χ1n) is 14.2. The molecule has 0 bridgehead atoms. The second kappa shape index (κ2) is 10.9. The zero-order valence-electron chi connectivity index (χ0n) is 22.9. The summed E-state index contributed by atoms with van der Waals surface area (Å²) in [6, 6.07) is 7.13. The van der Waals surface area contributed by atoms with Crippen LogP contribution in [0, 0.1) is 0 Å². The number of aromatic nitrogens is 2. The van der Waals surface area contributed by atoms with E-state index in [1.807, 2.05) is 16.8 Å². The number of carbonyl (C=O) groups excluding carboxylic acids is 1. The van der Waals surface area contributed by atoms with E-state index in [4.69, 9.17) is 14.6 Å². The Morgan fingerprint density at radius 3 is 2.59 bits per heavy atom. The van der Waals surface area contributed by atoms with Crippen LogP contribution in [0.25, 0.3) is 11.3 Å². The van der Waals surface area contributed by atoms with Crippen molar-refractivity contribution < 1.29 is 22.7 Å². The quantitative estimate of drug-likeness (QED) is 0.553. The highest BCUT2D eigenvalue weighted by Crippen LogP contribution is 2.42. The minimum atomic E-state index is -3.59. The van der Waals surface area contributed by atoms with Gasteiger partial charge in [-0.15, -0.1) is 0 Å². The minimum Gasteiger partial charge on any atom is -0.378 e. The molecule has 10 nitrogen and oxygen atoms in total. The van der Waals surface area contributed by atoms with Crippen LogP contribution in [0.5, 0.6) is 0 Å². The Morgan fingerprint density at radius 2 is 1.82 bits per heavy atom. The lowest BCUT2D eigenvalue weighted by molar-refractivity contribution is -0.113. The number of fused-ring (bicyclic) bond motifs is 3. The number of amides is 1. The largest absolute Gasteiger partial charge is 0.378 e. The molecule has 2 atom stereocenters. The van der Waals surface area contributed by atoms with E-state index >= 15 is 0 Å². The zero-order chi connectivity index (χ0) is 27.1. The lowest BCUT2D eigenvalue weighted by Crippen LogP contribution is -2.46. The van der Waals surface area contributed by atoms with E-state index in [1.165, 1.54) is 0 Å². The summed E-state index contributed by atoms with van der Waals surface area (Å²) in [6.45, 7) is 7.84. The van der Waals surface area contributed by atoms with Crippen LogP contribution in [0.1, 0.15) is 54.7 Å². The van der Waals surface area contributed by atoms with Gasteiger partial charge in [0.05, 0.1) is 41.7 Å². The van der Waals surface area contributed by atoms with Gasteiger partial charge in [0.1, 0.15) is 6.23 Å². The minimum absolute atomic E-state index is 0.0103. The SMILES string of the molecule is CC(OC1CCN(C)CC1)N1CCCC(n2nc(C(=O)N3CCOCC3)c3c2-c2ccccc2S(=O)(=O)C3)C1. The van der Waals surface area contributed by atoms with Crippen molar-refractivity contribution in [1.29, 1.82) is 0 Å². The topological polar surface area (TPSA) is 97.2 Å². The molecule has 0 N–H and O–H groups in total. The smallest absolute Gasteiger partial charge is 0.274 e. The van der Waals surface area contributed by atoms with Crippen molar-refractivity contribution in [3.63, 3.8) is 0 Å². The summed E-state index contributed by atoms with van der Waals surface area (Å²) in [5, 5.41) is 4.92. The fourth-order valence-electron chi connectivity index (χ4n) is 6.44. The third kappa shape index (κ3) is 5.27. The summed E-state index contributed by atoms with van der Waals surface area (Å²) in [7, 11) is -1.43. The van der Waals surface area contributed by atoms with Crippen LogP contribution in [0.2, 0.25) is 0 Å². The molecule has 5 heterocycles. The van der Waals surface area contributed by atoms with E-state index in [1.54, 1.807) is 17.0 Å². The maximum atomic E-state index is 13.7. The Hall–Kier alpha value is -2.31. The number of benzene rings is 1. The number of likely N-dealkylation sites (tertiary alicyclic amines) is 2. The van der Waals surface area contributed by atoms with Crippen molar-refractivity contribution in [2.24, 2.45) is 0 Å². The van der Waals surface area contributed by atoms with E-state index in [2.05, 4.69) is 23.8 Å². The highest BCUT2D eigenvalue weighted by atomic mass is 32.2. The standard InChI is InChI=1S/C28H39N5O5S/c1-20(38-22-9-12-30(2)13-10-22)32-11-5-6-21(18-32)33-27-23-7-3-4-8-25(23)39(35,36)19-24(27)26(29-33)28(34)31-14-16-37-17-15-31/h3-4,7-8,20-22H,5-6,9-19H2,1-2H3. The van der Waals surface area contributed by atoms with Gasteiger partial charge in [0.15, 0.2) is 15.5 Å². The maximum Gasteiger partial charge on any atom is 0.274 e. The first-order chi connectivity index (χ1) is 18.8. The Morgan fingerprint density at radius 1 is 1.08 bits per heavy atom. The number of rotatable bonds is 5. The highest BCUT2D eigenvalue weighted by molar-refractivity contribution is 7.90. The van der Waals surface area contributed by atoms with Gasteiger partial charge in [-0.25, -0.2) is 8.42 Å². The predicted molar refractivity (Wildman–Crippen MR) is 146 cm³/mol. The molecule has 0 aliphatic carbocycles. The fraction of sp³-hybridized carbons (Fsp3) is 0.643. The van der Waals surface area contributed by atoms with Gasteiger partial charge in [0.25, 0.3) is 5.91 Å². The summed E-state index contributed by atoms with van der Waals surface area (Å²) in [6.07, 6.45) is 4.23. The molecule has 2 aromatic rings. The molecule has 11 heteroatoms. The first-order valence-corrected chi connectivity index (χ1v) is 15.9. The summed E-state index contributed by atoms with van der Waals surface area (Å²) in [4.78, 5) is 20.4. The molecule has 1 aromatic carbocycles. The predicted octanol–water partition coefficient (Wildman–Crippen LogP) is 2.40. The van der Waals surface area contributed by atoms with E-state index in [9.17, 15) is 13.2 Å². The van der Waals surface area contributed by atoms with E-state index in [0.29, 0.717) is 42.3 Å². The normalized spacial score (nSPS) is 25.2. The molecule has 1 amide bonds. The number of carbonyl (C=O) groups is 1. The number of ether oxygens (including phenoxy) is 2. The molecule has 1 aromatic heterocycles. The van der Waals surface area contributed by atoms with Gasteiger partial charge in [-0.3, -0.25) is 14.4 Å².